The summed E-state index contributed by atoms with van der Waals surface area (Å²) in [5.74, 6) is 0.128. The summed E-state index contributed by atoms with van der Waals surface area (Å²) in [5, 5.41) is 5.48. The second kappa shape index (κ2) is 2.68. The van der Waals surface area contributed by atoms with E-state index in [2.05, 4.69) is 9.59 Å². The van der Waals surface area contributed by atoms with Crippen LogP contribution >= 0.6 is 11.5 Å². The Kier molecular flexibility index (Phi) is 1.89. The summed E-state index contributed by atoms with van der Waals surface area (Å²) in [6.07, 6.45) is 0.413. The van der Waals surface area contributed by atoms with Crippen LogP contribution in [0.3, 0.4) is 0 Å². The third kappa shape index (κ3) is 1.89. The van der Waals surface area contributed by atoms with E-state index < -0.39 is 0 Å². The molecule has 0 aromatic carbocycles. The number of ketones is 1. The Morgan fingerprint density at radius 1 is 1.89 bits per heavy atom. The molecule has 4 heteroatoms. The lowest BCUT2D eigenvalue weighted by Gasteiger charge is -1.83. The Morgan fingerprint density at radius 3 is 3.11 bits per heavy atom. The fourth-order valence-electron chi connectivity index (χ4n) is 0.516. The highest BCUT2D eigenvalue weighted by atomic mass is 32.1. The molecule has 0 aliphatic carbocycles. The van der Waals surface area contributed by atoms with E-state index in [1.165, 1.54) is 11.5 Å². The molecule has 9 heavy (non-hydrogen) atoms. The van der Waals surface area contributed by atoms with Gasteiger partial charge in [-0.05, 0) is 18.5 Å². The molecule has 0 N–H and O–H groups in total. The second-order valence-corrected chi connectivity index (χ2v) is 2.38. The molecule has 0 saturated heterocycles. The monoisotopic (exact) mass is 142 g/mol. The van der Waals surface area contributed by atoms with Crippen molar-refractivity contribution in [1.29, 1.82) is 0 Å². The number of Topliss-reactive ketones (excluding diaryl/α,β-unsaturated/α-hetero) is 1. The topological polar surface area (TPSA) is 42.9 Å². The fourth-order valence-corrected chi connectivity index (χ4v) is 0.967. The highest BCUT2D eigenvalue weighted by Crippen LogP contribution is 1.97. The average molecular weight is 142 g/mol. The first-order valence-electron chi connectivity index (χ1n) is 2.54. The quantitative estimate of drug-likeness (QED) is 0.609. The molecule has 1 aromatic rings. The number of aromatic nitrogens is 2. The Hall–Kier alpha value is -0.770. The van der Waals surface area contributed by atoms with Crippen LogP contribution in [-0.4, -0.2) is 15.4 Å². The summed E-state index contributed by atoms with van der Waals surface area (Å²) in [6, 6.07) is 0. The van der Waals surface area contributed by atoms with Crippen molar-refractivity contribution in [2.75, 3.05) is 0 Å². The third-order valence-corrected chi connectivity index (χ3v) is 1.39. The first-order chi connectivity index (χ1) is 4.29. The minimum atomic E-state index is 0.128. The Morgan fingerprint density at radius 2 is 2.67 bits per heavy atom. The number of carbonyl (C=O) groups excluding carboxylic acids is 1. The van der Waals surface area contributed by atoms with Gasteiger partial charge in [0.2, 0.25) is 0 Å². The molecule has 0 amide bonds. The van der Waals surface area contributed by atoms with Crippen molar-refractivity contribution >= 4 is 17.3 Å². The van der Waals surface area contributed by atoms with Crippen molar-refractivity contribution in [2.24, 2.45) is 0 Å². The predicted octanol–water partition coefficient (Wildman–Crippen LogP) is 0.670. The van der Waals surface area contributed by atoms with Crippen molar-refractivity contribution < 1.29 is 4.79 Å². The zero-order valence-electron chi connectivity index (χ0n) is 5.00. The number of hydrogen-bond donors (Lipinski definition) is 0. The van der Waals surface area contributed by atoms with E-state index in [-0.39, 0.29) is 5.78 Å². The van der Waals surface area contributed by atoms with Crippen LogP contribution in [0.5, 0.6) is 0 Å². The molecule has 0 saturated carbocycles. The van der Waals surface area contributed by atoms with Gasteiger partial charge in [-0.15, -0.1) is 5.10 Å². The molecule has 0 unspecified atom stereocenters. The van der Waals surface area contributed by atoms with Gasteiger partial charge in [-0.1, -0.05) is 4.49 Å². The number of nitrogens with zero attached hydrogens (tertiary/aromatic N) is 2. The van der Waals surface area contributed by atoms with Gasteiger partial charge in [0.05, 0.1) is 12.1 Å². The molecule has 0 aliphatic rings. The molecular formula is C5H6N2OS. The standard InChI is InChI=1S/C5H6N2OS/c1-4(8)2-5-3-9-7-6-5/h3H,2H2,1H3. The van der Waals surface area contributed by atoms with E-state index >= 15 is 0 Å². The van der Waals surface area contributed by atoms with Gasteiger partial charge in [0, 0.05) is 5.38 Å². The van der Waals surface area contributed by atoms with E-state index in [9.17, 15) is 4.79 Å². The lowest BCUT2D eigenvalue weighted by atomic mass is 10.3. The Bertz CT molecular complexity index is 195. The fraction of sp³-hybridized carbons (Fsp3) is 0.400. The van der Waals surface area contributed by atoms with Crippen LogP contribution in [0.2, 0.25) is 0 Å². The zero-order chi connectivity index (χ0) is 6.69. The highest BCUT2D eigenvalue weighted by Gasteiger charge is 1.98. The molecule has 0 aliphatic heterocycles. The Balaban J connectivity index is 2.58. The normalized spacial score (nSPS) is 9.44. The smallest absolute Gasteiger partial charge is 0.135 e. The number of carbonyl (C=O) groups is 1. The van der Waals surface area contributed by atoms with Gasteiger partial charge in [-0.2, -0.15) is 0 Å². The van der Waals surface area contributed by atoms with Gasteiger partial charge in [-0.25, -0.2) is 0 Å². The van der Waals surface area contributed by atoms with Gasteiger partial charge in [0.1, 0.15) is 5.78 Å². The van der Waals surface area contributed by atoms with Gasteiger partial charge in [0.25, 0.3) is 0 Å². The number of rotatable bonds is 2. The minimum Gasteiger partial charge on any atom is -0.300 e. The summed E-state index contributed by atoms with van der Waals surface area (Å²) in [6.45, 7) is 1.54. The van der Waals surface area contributed by atoms with Crippen LogP contribution in [0.25, 0.3) is 0 Å². The molecule has 1 heterocycles. The molecule has 0 spiro atoms. The molecule has 1 rings (SSSR count). The summed E-state index contributed by atoms with van der Waals surface area (Å²) in [5.41, 5.74) is 0.771. The van der Waals surface area contributed by atoms with E-state index in [1.54, 1.807) is 12.3 Å². The van der Waals surface area contributed by atoms with Crippen LogP contribution in [0.4, 0.5) is 0 Å². The SMILES string of the molecule is CC(=O)Cc1csnn1. The first-order valence-corrected chi connectivity index (χ1v) is 3.38. The molecule has 0 bridgehead atoms. The van der Waals surface area contributed by atoms with Crippen molar-refractivity contribution in [1.82, 2.24) is 9.59 Å². The molecular weight excluding hydrogens is 136 g/mol. The zero-order valence-corrected chi connectivity index (χ0v) is 5.81. The van der Waals surface area contributed by atoms with E-state index in [1.807, 2.05) is 0 Å². The van der Waals surface area contributed by atoms with Crippen molar-refractivity contribution in [3.63, 3.8) is 0 Å². The molecule has 3 nitrogen and oxygen atoms in total. The van der Waals surface area contributed by atoms with E-state index in [0.717, 1.165) is 5.69 Å². The van der Waals surface area contributed by atoms with Gasteiger partial charge in [-0.3, -0.25) is 4.79 Å². The van der Waals surface area contributed by atoms with Gasteiger partial charge in [0.15, 0.2) is 0 Å². The minimum absolute atomic E-state index is 0.128. The molecule has 0 radical (unpaired) electrons. The third-order valence-electron chi connectivity index (χ3n) is 0.835. The van der Waals surface area contributed by atoms with Crippen molar-refractivity contribution in [3.8, 4) is 0 Å². The maximum absolute atomic E-state index is 10.4. The summed E-state index contributed by atoms with van der Waals surface area (Å²) >= 11 is 1.27. The maximum atomic E-state index is 10.4. The van der Waals surface area contributed by atoms with E-state index in [0.29, 0.717) is 6.42 Å². The van der Waals surface area contributed by atoms with Crippen LogP contribution in [-0.2, 0) is 11.2 Å². The predicted molar refractivity (Wildman–Crippen MR) is 34.3 cm³/mol. The van der Waals surface area contributed by atoms with Gasteiger partial charge < -0.3 is 0 Å². The lowest BCUT2D eigenvalue weighted by Crippen LogP contribution is -1.95. The molecule has 0 fully saturated rings. The first kappa shape index (κ1) is 6.35. The van der Waals surface area contributed by atoms with E-state index in [4.69, 9.17) is 0 Å². The summed E-state index contributed by atoms with van der Waals surface area (Å²) in [4.78, 5) is 10.4. The van der Waals surface area contributed by atoms with Crippen LogP contribution < -0.4 is 0 Å². The number of hydrogen-bond acceptors (Lipinski definition) is 4. The lowest BCUT2D eigenvalue weighted by molar-refractivity contribution is -0.116. The largest absolute Gasteiger partial charge is 0.300 e. The average Bonchev–Trinajstić information content (AvgIpc) is 2.15. The summed E-state index contributed by atoms with van der Waals surface area (Å²) in [7, 11) is 0. The summed E-state index contributed by atoms with van der Waals surface area (Å²) < 4.78 is 3.61. The Labute approximate surface area is 56.9 Å². The van der Waals surface area contributed by atoms with Crippen molar-refractivity contribution in [2.45, 2.75) is 13.3 Å². The van der Waals surface area contributed by atoms with Gasteiger partial charge >= 0.3 is 0 Å². The van der Waals surface area contributed by atoms with Crippen molar-refractivity contribution in [3.05, 3.63) is 11.1 Å². The maximum Gasteiger partial charge on any atom is 0.135 e. The van der Waals surface area contributed by atoms with Crippen LogP contribution in [0.15, 0.2) is 5.38 Å². The highest BCUT2D eigenvalue weighted by molar-refractivity contribution is 7.03. The molecule has 48 valence electrons. The molecule has 1 aromatic heterocycles. The second-order valence-electron chi connectivity index (χ2n) is 1.78. The molecule has 0 atom stereocenters. The van der Waals surface area contributed by atoms with Crippen LogP contribution in [0, 0.1) is 0 Å². The van der Waals surface area contributed by atoms with Crippen LogP contribution in [0.1, 0.15) is 12.6 Å².